The normalized spacial score (nSPS) is 11.2. The van der Waals surface area contributed by atoms with Crippen LogP contribution in [0.4, 0.5) is 10.5 Å². The Morgan fingerprint density at radius 2 is 2.14 bits per heavy atom. The number of primary amides is 1. The lowest BCUT2D eigenvalue weighted by molar-refractivity contribution is -0.385. The molecule has 0 radical (unpaired) electrons. The number of carbonyl (C=O) groups is 2. The number of nitrogens with one attached hydrogen (secondary N) is 1. The molecular weight excluding hydrogens is 278 g/mol. The van der Waals surface area contributed by atoms with Crippen molar-refractivity contribution in [2.45, 2.75) is 19.1 Å². The van der Waals surface area contributed by atoms with Gasteiger partial charge in [0.1, 0.15) is 0 Å². The number of ether oxygens (including phenoxy) is 1. The van der Waals surface area contributed by atoms with Gasteiger partial charge in [-0.15, -0.1) is 6.58 Å². The fourth-order valence-electron chi connectivity index (χ4n) is 1.63. The third-order valence-electron chi connectivity index (χ3n) is 2.57. The SMILES string of the molecule is C=CCC(OC(N)=O)C(=O)NCc1ccccc1[N+](=O)[O-]. The number of amides is 2. The highest BCUT2D eigenvalue weighted by atomic mass is 16.6. The molecule has 1 aromatic rings. The summed E-state index contributed by atoms with van der Waals surface area (Å²) in [6.07, 6.45) is -0.699. The Morgan fingerprint density at radius 3 is 2.71 bits per heavy atom. The van der Waals surface area contributed by atoms with Crippen LogP contribution in [-0.2, 0) is 16.1 Å². The summed E-state index contributed by atoms with van der Waals surface area (Å²) < 4.78 is 4.64. The van der Waals surface area contributed by atoms with Crippen molar-refractivity contribution in [2.24, 2.45) is 5.73 Å². The second-order valence-electron chi connectivity index (χ2n) is 4.05. The van der Waals surface area contributed by atoms with Gasteiger partial charge in [-0.25, -0.2) is 4.79 Å². The van der Waals surface area contributed by atoms with Gasteiger partial charge in [-0.05, 0) is 0 Å². The summed E-state index contributed by atoms with van der Waals surface area (Å²) in [6.45, 7) is 3.38. The van der Waals surface area contributed by atoms with Crippen LogP contribution in [-0.4, -0.2) is 23.0 Å². The van der Waals surface area contributed by atoms with Crippen LogP contribution in [0.3, 0.4) is 0 Å². The summed E-state index contributed by atoms with van der Waals surface area (Å²) in [7, 11) is 0. The Morgan fingerprint density at radius 1 is 1.48 bits per heavy atom. The lowest BCUT2D eigenvalue weighted by atomic mass is 10.1. The van der Waals surface area contributed by atoms with E-state index in [1.807, 2.05) is 0 Å². The fraction of sp³-hybridized carbons (Fsp3) is 0.231. The fourth-order valence-corrected chi connectivity index (χ4v) is 1.63. The van der Waals surface area contributed by atoms with Crippen molar-refractivity contribution in [3.05, 3.63) is 52.6 Å². The minimum Gasteiger partial charge on any atom is -0.436 e. The van der Waals surface area contributed by atoms with E-state index in [0.29, 0.717) is 5.56 Å². The molecule has 0 spiro atoms. The number of hydrogen-bond donors (Lipinski definition) is 2. The van der Waals surface area contributed by atoms with E-state index in [-0.39, 0.29) is 18.7 Å². The van der Waals surface area contributed by atoms with E-state index < -0.39 is 23.0 Å². The third-order valence-corrected chi connectivity index (χ3v) is 2.57. The molecule has 1 aromatic carbocycles. The molecule has 1 atom stereocenters. The highest BCUT2D eigenvalue weighted by Crippen LogP contribution is 2.17. The van der Waals surface area contributed by atoms with E-state index >= 15 is 0 Å². The van der Waals surface area contributed by atoms with Gasteiger partial charge in [0, 0.05) is 24.6 Å². The van der Waals surface area contributed by atoms with Crippen LogP contribution in [0.15, 0.2) is 36.9 Å². The molecule has 8 nitrogen and oxygen atoms in total. The number of carbonyl (C=O) groups excluding carboxylic acids is 2. The van der Waals surface area contributed by atoms with Crippen molar-refractivity contribution < 1.29 is 19.2 Å². The first-order chi connectivity index (χ1) is 9.95. The monoisotopic (exact) mass is 293 g/mol. The standard InChI is InChI=1S/C13H15N3O5/c1-2-5-11(21-13(14)18)12(17)15-8-9-6-3-4-7-10(9)16(19)20/h2-4,6-7,11H,1,5,8H2,(H2,14,18)(H,15,17). The van der Waals surface area contributed by atoms with Gasteiger partial charge < -0.3 is 15.8 Å². The summed E-state index contributed by atoms with van der Waals surface area (Å²) in [6, 6.07) is 6.01. The summed E-state index contributed by atoms with van der Waals surface area (Å²) >= 11 is 0. The molecule has 0 bridgehead atoms. The van der Waals surface area contributed by atoms with Gasteiger partial charge in [-0.2, -0.15) is 0 Å². The molecule has 0 aliphatic rings. The largest absolute Gasteiger partial charge is 0.436 e. The van der Waals surface area contributed by atoms with E-state index in [2.05, 4.69) is 16.6 Å². The van der Waals surface area contributed by atoms with Gasteiger partial charge >= 0.3 is 6.09 Å². The first-order valence-electron chi connectivity index (χ1n) is 6.02. The smallest absolute Gasteiger partial charge is 0.405 e. The molecule has 0 aliphatic heterocycles. The molecule has 21 heavy (non-hydrogen) atoms. The molecule has 3 N–H and O–H groups in total. The van der Waals surface area contributed by atoms with Gasteiger partial charge in [0.25, 0.3) is 11.6 Å². The van der Waals surface area contributed by atoms with Crippen LogP contribution in [0.25, 0.3) is 0 Å². The van der Waals surface area contributed by atoms with Crippen molar-refractivity contribution in [1.82, 2.24) is 5.32 Å². The lowest BCUT2D eigenvalue weighted by Crippen LogP contribution is -2.38. The number of nitrogens with two attached hydrogens (primary N) is 1. The topological polar surface area (TPSA) is 125 Å². The predicted octanol–water partition coefficient (Wildman–Crippen LogP) is 1.25. The molecule has 1 unspecified atom stereocenters. The first-order valence-corrected chi connectivity index (χ1v) is 6.02. The molecule has 0 heterocycles. The minimum absolute atomic E-state index is 0.0637. The van der Waals surface area contributed by atoms with Gasteiger partial charge in [0.05, 0.1) is 4.92 Å². The summed E-state index contributed by atoms with van der Waals surface area (Å²) in [5.74, 6) is -0.605. The second kappa shape index (κ2) is 7.63. The minimum atomic E-state index is -1.11. The van der Waals surface area contributed by atoms with Crippen molar-refractivity contribution in [1.29, 1.82) is 0 Å². The highest BCUT2D eigenvalue weighted by molar-refractivity contribution is 5.83. The van der Waals surface area contributed by atoms with Crippen LogP contribution in [0.1, 0.15) is 12.0 Å². The maximum atomic E-state index is 11.9. The number of hydrogen-bond acceptors (Lipinski definition) is 5. The Hall–Kier alpha value is -2.90. The number of nitro benzene ring substituents is 1. The summed E-state index contributed by atoms with van der Waals surface area (Å²) in [5.41, 5.74) is 5.10. The summed E-state index contributed by atoms with van der Waals surface area (Å²) in [5, 5.41) is 13.3. The lowest BCUT2D eigenvalue weighted by Gasteiger charge is -2.14. The van der Waals surface area contributed by atoms with Crippen LogP contribution < -0.4 is 11.1 Å². The number of para-hydroxylation sites is 1. The number of benzene rings is 1. The zero-order valence-corrected chi connectivity index (χ0v) is 11.2. The van der Waals surface area contributed by atoms with Crippen molar-refractivity contribution in [3.8, 4) is 0 Å². The van der Waals surface area contributed by atoms with Gasteiger partial charge in [-0.1, -0.05) is 24.3 Å². The van der Waals surface area contributed by atoms with E-state index in [1.165, 1.54) is 24.3 Å². The van der Waals surface area contributed by atoms with Gasteiger partial charge in [0.15, 0.2) is 6.10 Å². The van der Waals surface area contributed by atoms with E-state index in [1.54, 1.807) is 6.07 Å². The quantitative estimate of drug-likeness (QED) is 0.444. The van der Waals surface area contributed by atoms with Gasteiger partial charge in [-0.3, -0.25) is 14.9 Å². The van der Waals surface area contributed by atoms with E-state index in [0.717, 1.165) is 0 Å². The van der Waals surface area contributed by atoms with Crippen LogP contribution in [0, 0.1) is 10.1 Å². The van der Waals surface area contributed by atoms with Crippen LogP contribution >= 0.6 is 0 Å². The molecule has 2 amide bonds. The third kappa shape index (κ3) is 4.94. The molecule has 1 rings (SSSR count). The maximum Gasteiger partial charge on any atom is 0.405 e. The zero-order chi connectivity index (χ0) is 15.8. The molecule has 112 valence electrons. The highest BCUT2D eigenvalue weighted by Gasteiger charge is 2.21. The molecule has 0 saturated heterocycles. The molecular formula is C13H15N3O5. The van der Waals surface area contributed by atoms with E-state index in [9.17, 15) is 19.7 Å². The second-order valence-corrected chi connectivity index (χ2v) is 4.05. The van der Waals surface area contributed by atoms with Crippen LogP contribution in [0.2, 0.25) is 0 Å². The average molecular weight is 293 g/mol. The predicted molar refractivity (Wildman–Crippen MR) is 74.2 cm³/mol. The molecule has 0 saturated carbocycles. The maximum absolute atomic E-state index is 11.9. The number of nitro groups is 1. The molecule has 8 heteroatoms. The Kier molecular flexibility index (Phi) is 5.87. The first kappa shape index (κ1) is 16.2. The van der Waals surface area contributed by atoms with Crippen molar-refractivity contribution >= 4 is 17.7 Å². The summed E-state index contributed by atoms with van der Waals surface area (Å²) in [4.78, 5) is 32.9. The van der Waals surface area contributed by atoms with Crippen molar-refractivity contribution in [2.75, 3.05) is 0 Å². The zero-order valence-electron chi connectivity index (χ0n) is 11.2. The molecule has 0 aliphatic carbocycles. The van der Waals surface area contributed by atoms with E-state index in [4.69, 9.17) is 5.73 Å². The average Bonchev–Trinajstić information content (AvgIpc) is 2.44. The Balaban J connectivity index is 2.73. The molecule has 0 fully saturated rings. The Bertz CT molecular complexity index is 558. The Labute approximate surface area is 120 Å². The number of rotatable bonds is 7. The molecule has 0 aromatic heterocycles. The number of nitrogens with zero attached hydrogens (tertiary/aromatic N) is 1. The van der Waals surface area contributed by atoms with Gasteiger partial charge in [0.2, 0.25) is 0 Å². The van der Waals surface area contributed by atoms with Crippen LogP contribution in [0.5, 0.6) is 0 Å². The van der Waals surface area contributed by atoms with Crippen molar-refractivity contribution in [3.63, 3.8) is 0 Å².